The molecule has 0 radical (unpaired) electrons. The van der Waals surface area contributed by atoms with Crippen LogP contribution in [0.5, 0.6) is 0 Å². The molecule has 2 aliphatic rings. The Morgan fingerprint density at radius 1 is 1.17 bits per heavy atom. The number of aromatic nitrogens is 2. The van der Waals surface area contributed by atoms with Crippen LogP contribution in [0, 0.1) is 18.8 Å². The highest BCUT2D eigenvalue weighted by atomic mass is 16.6. The number of esters is 1. The summed E-state index contributed by atoms with van der Waals surface area (Å²) in [6, 6.07) is 6.61. The van der Waals surface area contributed by atoms with Gasteiger partial charge in [0.15, 0.2) is 6.61 Å². The highest BCUT2D eigenvalue weighted by Crippen LogP contribution is 2.36. The maximum atomic E-state index is 12.6. The largest absolute Gasteiger partial charge is 0.454 e. The van der Waals surface area contributed by atoms with Crippen molar-refractivity contribution in [2.24, 2.45) is 11.8 Å². The molecule has 1 aromatic heterocycles. The fraction of sp³-hybridized carbons (Fsp3) is 0.381. The van der Waals surface area contributed by atoms with Gasteiger partial charge in [-0.1, -0.05) is 47.1 Å². The molecule has 2 amide bonds. The number of aryl methyl sites for hydroxylation is 1. The van der Waals surface area contributed by atoms with E-state index in [9.17, 15) is 14.4 Å². The highest BCUT2D eigenvalue weighted by molar-refractivity contribution is 6.08. The number of amides is 2. The predicted octanol–water partition coefficient (Wildman–Crippen LogP) is 2.43. The molecule has 0 N–H and O–H groups in total. The second-order valence-electron chi connectivity index (χ2n) is 7.36. The Morgan fingerprint density at radius 2 is 1.79 bits per heavy atom. The summed E-state index contributed by atoms with van der Waals surface area (Å²) in [6.07, 6.45) is 4.86. The van der Waals surface area contributed by atoms with Gasteiger partial charge in [-0.2, -0.15) is 4.98 Å². The molecular formula is C21H21N3O5. The number of nitrogens with zero attached hydrogens (tertiary/aromatic N) is 3. The Hall–Kier alpha value is -3.29. The van der Waals surface area contributed by atoms with E-state index in [0.717, 1.165) is 16.0 Å². The van der Waals surface area contributed by atoms with E-state index >= 15 is 0 Å². The Morgan fingerprint density at radius 3 is 2.41 bits per heavy atom. The SMILES string of the molecule is Cc1ccc(-c2noc(COC(=O)C(C)N3C(=O)C4CC=CCC4C3=O)n2)cc1. The Balaban J connectivity index is 1.38. The van der Waals surface area contributed by atoms with E-state index in [-0.39, 0.29) is 36.1 Å². The van der Waals surface area contributed by atoms with Gasteiger partial charge in [-0.3, -0.25) is 14.5 Å². The fourth-order valence-corrected chi connectivity index (χ4v) is 3.70. The Kier molecular flexibility index (Phi) is 5.00. The third-order valence-electron chi connectivity index (χ3n) is 5.39. The predicted molar refractivity (Wildman–Crippen MR) is 101 cm³/mol. The van der Waals surface area contributed by atoms with Gasteiger partial charge in [0.2, 0.25) is 17.6 Å². The van der Waals surface area contributed by atoms with Crippen molar-refractivity contribution in [3.05, 3.63) is 47.9 Å². The lowest BCUT2D eigenvalue weighted by atomic mass is 9.85. The van der Waals surface area contributed by atoms with Crippen LogP contribution in [0.3, 0.4) is 0 Å². The van der Waals surface area contributed by atoms with Crippen LogP contribution in [0.1, 0.15) is 31.2 Å². The van der Waals surface area contributed by atoms with E-state index in [1.54, 1.807) is 0 Å². The van der Waals surface area contributed by atoms with Crippen molar-refractivity contribution in [1.29, 1.82) is 0 Å². The summed E-state index contributed by atoms with van der Waals surface area (Å²) in [5.41, 5.74) is 1.90. The van der Waals surface area contributed by atoms with Crippen LogP contribution in [0.2, 0.25) is 0 Å². The molecule has 8 heteroatoms. The molecule has 8 nitrogen and oxygen atoms in total. The van der Waals surface area contributed by atoms with Gasteiger partial charge >= 0.3 is 5.97 Å². The summed E-state index contributed by atoms with van der Waals surface area (Å²) in [7, 11) is 0. The van der Waals surface area contributed by atoms with Crippen LogP contribution in [0.15, 0.2) is 40.9 Å². The molecule has 2 heterocycles. The molecule has 150 valence electrons. The van der Waals surface area contributed by atoms with Crippen molar-refractivity contribution in [2.45, 2.75) is 39.3 Å². The van der Waals surface area contributed by atoms with E-state index in [1.807, 2.05) is 43.3 Å². The first-order chi connectivity index (χ1) is 14.0. The zero-order valence-corrected chi connectivity index (χ0v) is 16.2. The number of hydrogen-bond donors (Lipinski definition) is 0. The first-order valence-corrected chi connectivity index (χ1v) is 9.54. The Labute approximate surface area is 167 Å². The quantitative estimate of drug-likeness (QED) is 0.435. The van der Waals surface area contributed by atoms with Crippen molar-refractivity contribution in [1.82, 2.24) is 15.0 Å². The number of benzene rings is 1. The number of fused-ring (bicyclic) bond motifs is 1. The van der Waals surface area contributed by atoms with Crippen molar-refractivity contribution < 1.29 is 23.6 Å². The number of rotatable bonds is 5. The maximum absolute atomic E-state index is 12.6. The smallest absolute Gasteiger partial charge is 0.329 e. The van der Waals surface area contributed by atoms with Crippen LogP contribution in [-0.2, 0) is 25.7 Å². The Bertz CT molecular complexity index is 952. The summed E-state index contributed by atoms with van der Waals surface area (Å²) in [5, 5.41) is 3.89. The van der Waals surface area contributed by atoms with Crippen LogP contribution >= 0.6 is 0 Å². The standard InChI is InChI=1S/C21H21N3O5/c1-12-7-9-14(10-8-12)18-22-17(29-23-18)11-28-21(27)13(2)24-19(25)15-5-3-4-6-16(15)20(24)26/h3-4,7-10,13,15-16H,5-6,11H2,1-2H3. The van der Waals surface area contributed by atoms with Gasteiger partial charge < -0.3 is 9.26 Å². The van der Waals surface area contributed by atoms with Crippen molar-refractivity contribution >= 4 is 17.8 Å². The third kappa shape index (κ3) is 3.57. The van der Waals surface area contributed by atoms with Gasteiger partial charge in [-0.25, -0.2) is 4.79 Å². The molecule has 4 rings (SSSR count). The number of hydrogen-bond acceptors (Lipinski definition) is 7. The van der Waals surface area contributed by atoms with Gasteiger partial charge in [0.1, 0.15) is 6.04 Å². The average molecular weight is 395 g/mol. The number of imide groups is 1. The monoisotopic (exact) mass is 395 g/mol. The molecule has 1 saturated heterocycles. The molecule has 1 aliphatic heterocycles. The van der Waals surface area contributed by atoms with Crippen LogP contribution < -0.4 is 0 Å². The number of likely N-dealkylation sites (tertiary alicyclic amines) is 1. The van der Waals surface area contributed by atoms with Crippen molar-refractivity contribution in [3.63, 3.8) is 0 Å². The molecule has 3 atom stereocenters. The van der Waals surface area contributed by atoms with Gasteiger partial charge in [-0.05, 0) is 26.7 Å². The number of carbonyl (C=O) groups is 3. The third-order valence-corrected chi connectivity index (χ3v) is 5.39. The summed E-state index contributed by atoms with van der Waals surface area (Å²) in [6.45, 7) is 3.24. The zero-order chi connectivity index (χ0) is 20.5. The molecule has 2 aromatic rings. The lowest BCUT2D eigenvalue weighted by Crippen LogP contribution is -2.44. The van der Waals surface area contributed by atoms with Crippen molar-refractivity contribution in [2.75, 3.05) is 0 Å². The van der Waals surface area contributed by atoms with E-state index < -0.39 is 12.0 Å². The summed E-state index contributed by atoms with van der Waals surface area (Å²) < 4.78 is 10.4. The van der Waals surface area contributed by atoms with E-state index in [0.29, 0.717) is 18.7 Å². The number of allylic oxidation sites excluding steroid dienone is 2. The summed E-state index contributed by atoms with van der Waals surface area (Å²) in [4.78, 5) is 42.8. The lowest BCUT2D eigenvalue weighted by Gasteiger charge is -2.21. The number of carbonyl (C=O) groups excluding carboxylic acids is 3. The first kappa shape index (κ1) is 19.0. The maximum Gasteiger partial charge on any atom is 0.329 e. The zero-order valence-electron chi connectivity index (χ0n) is 16.2. The molecule has 0 spiro atoms. The van der Waals surface area contributed by atoms with Crippen LogP contribution in [0.4, 0.5) is 0 Å². The lowest BCUT2D eigenvalue weighted by molar-refractivity contribution is -0.159. The summed E-state index contributed by atoms with van der Waals surface area (Å²) in [5.74, 6) is -1.54. The molecule has 1 fully saturated rings. The van der Waals surface area contributed by atoms with Crippen LogP contribution in [-0.4, -0.2) is 38.9 Å². The normalized spacial score (nSPS) is 21.9. The summed E-state index contributed by atoms with van der Waals surface area (Å²) >= 11 is 0. The highest BCUT2D eigenvalue weighted by Gasteiger charge is 2.50. The minimum atomic E-state index is -1.000. The van der Waals surface area contributed by atoms with Gasteiger partial charge in [0.25, 0.3) is 5.89 Å². The average Bonchev–Trinajstić information content (AvgIpc) is 3.30. The number of ether oxygens (including phenoxy) is 1. The molecule has 1 aromatic carbocycles. The molecule has 29 heavy (non-hydrogen) atoms. The van der Waals surface area contributed by atoms with Crippen LogP contribution in [0.25, 0.3) is 11.4 Å². The molecule has 0 bridgehead atoms. The first-order valence-electron chi connectivity index (χ1n) is 9.54. The minimum absolute atomic E-state index is 0.137. The fourth-order valence-electron chi connectivity index (χ4n) is 3.70. The topological polar surface area (TPSA) is 103 Å². The van der Waals surface area contributed by atoms with Gasteiger partial charge in [-0.15, -0.1) is 0 Å². The molecular weight excluding hydrogens is 374 g/mol. The van der Waals surface area contributed by atoms with E-state index in [4.69, 9.17) is 9.26 Å². The van der Waals surface area contributed by atoms with E-state index in [1.165, 1.54) is 6.92 Å². The molecule has 1 aliphatic carbocycles. The second-order valence-corrected chi connectivity index (χ2v) is 7.36. The van der Waals surface area contributed by atoms with Gasteiger partial charge in [0.05, 0.1) is 11.8 Å². The van der Waals surface area contributed by atoms with Gasteiger partial charge in [0, 0.05) is 5.56 Å². The second kappa shape index (κ2) is 7.62. The van der Waals surface area contributed by atoms with Crippen molar-refractivity contribution in [3.8, 4) is 11.4 Å². The minimum Gasteiger partial charge on any atom is -0.454 e. The molecule has 3 unspecified atom stereocenters. The molecule has 0 saturated carbocycles. The van der Waals surface area contributed by atoms with E-state index in [2.05, 4.69) is 10.1 Å².